The average molecular weight is 331 g/mol. The quantitative estimate of drug-likeness (QED) is 0.735. The van der Waals surface area contributed by atoms with Crippen molar-refractivity contribution in [3.8, 4) is 0 Å². The molecule has 0 spiro atoms. The first-order valence-corrected chi connectivity index (χ1v) is 8.82. The molecule has 0 unspecified atom stereocenters. The van der Waals surface area contributed by atoms with Crippen LogP contribution in [0.1, 0.15) is 28.8 Å². The Hall–Kier alpha value is -2.75. The fourth-order valence-corrected chi connectivity index (χ4v) is 3.68. The van der Waals surface area contributed by atoms with Gasteiger partial charge < -0.3 is 4.90 Å². The number of likely N-dealkylation sites (tertiary alicyclic amines) is 1. The summed E-state index contributed by atoms with van der Waals surface area (Å²) in [5.74, 6) is 0.628. The molecule has 126 valence electrons. The number of hydrogen-bond donors (Lipinski definition) is 0. The number of rotatable bonds is 3. The van der Waals surface area contributed by atoms with Crippen LogP contribution < -0.4 is 0 Å². The zero-order valence-electron chi connectivity index (χ0n) is 14.1. The largest absolute Gasteiger partial charge is 0.338 e. The maximum Gasteiger partial charge on any atom is 0.253 e. The molecule has 0 bridgehead atoms. The van der Waals surface area contributed by atoms with E-state index in [1.165, 1.54) is 17.4 Å². The van der Waals surface area contributed by atoms with E-state index in [2.05, 4.69) is 34.2 Å². The zero-order valence-corrected chi connectivity index (χ0v) is 14.1. The molecule has 1 aliphatic heterocycles. The molecule has 0 N–H and O–H groups in total. The van der Waals surface area contributed by atoms with Crippen LogP contribution in [0.2, 0.25) is 0 Å². The fraction of sp³-hybridized carbons (Fsp3) is 0.286. The Morgan fingerprint density at radius 3 is 2.88 bits per heavy atom. The van der Waals surface area contributed by atoms with Gasteiger partial charge in [0.05, 0.1) is 5.52 Å². The first-order chi connectivity index (χ1) is 12.3. The molecule has 4 heteroatoms. The molecule has 1 amide bonds. The number of carbonyl (C=O) groups excluding carboxylic acids is 1. The second-order valence-corrected chi connectivity index (χ2v) is 6.73. The first-order valence-electron chi connectivity index (χ1n) is 8.82. The Kier molecular flexibility index (Phi) is 4.42. The fourth-order valence-electron chi connectivity index (χ4n) is 3.68. The van der Waals surface area contributed by atoms with E-state index >= 15 is 0 Å². The molecule has 0 radical (unpaired) electrons. The molecule has 4 rings (SSSR count). The van der Waals surface area contributed by atoms with Gasteiger partial charge in [-0.15, -0.1) is 0 Å². The second kappa shape index (κ2) is 7.01. The van der Waals surface area contributed by atoms with Crippen LogP contribution in [0.5, 0.6) is 0 Å². The van der Waals surface area contributed by atoms with Gasteiger partial charge in [0.25, 0.3) is 5.91 Å². The predicted molar refractivity (Wildman–Crippen MR) is 98.3 cm³/mol. The van der Waals surface area contributed by atoms with Crippen molar-refractivity contribution in [3.63, 3.8) is 0 Å². The van der Waals surface area contributed by atoms with E-state index in [0.29, 0.717) is 5.92 Å². The van der Waals surface area contributed by atoms with Crippen LogP contribution in [0.4, 0.5) is 0 Å². The molecule has 1 saturated heterocycles. The Balaban J connectivity index is 1.46. The minimum absolute atomic E-state index is 0.120. The molecule has 1 fully saturated rings. The number of carbonyl (C=O) groups is 1. The van der Waals surface area contributed by atoms with Gasteiger partial charge in [0.2, 0.25) is 0 Å². The molecule has 0 aliphatic carbocycles. The minimum Gasteiger partial charge on any atom is -0.338 e. The lowest BCUT2D eigenvalue weighted by molar-refractivity contribution is 0.0673. The van der Waals surface area contributed by atoms with Gasteiger partial charge in [-0.3, -0.25) is 14.8 Å². The van der Waals surface area contributed by atoms with E-state index in [9.17, 15) is 4.79 Å². The normalized spacial score (nSPS) is 17.6. The Labute approximate surface area is 147 Å². The summed E-state index contributed by atoms with van der Waals surface area (Å²) in [5, 5.41) is 1.18. The number of amides is 1. The molecule has 1 aromatic carbocycles. The van der Waals surface area contributed by atoms with Gasteiger partial charge in [-0.1, -0.05) is 12.1 Å². The molecule has 3 heterocycles. The highest BCUT2D eigenvalue weighted by Crippen LogP contribution is 2.23. The Morgan fingerprint density at radius 2 is 2.00 bits per heavy atom. The van der Waals surface area contributed by atoms with Gasteiger partial charge in [-0.25, -0.2) is 0 Å². The van der Waals surface area contributed by atoms with E-state index in [1.807, 2.05) is 17.2 Å². The Morgan fingerprint density at radius 1 is 1.12 bits per heavy atom. The summed E-state index contributed by atoms with van der Waals surface area (Å²) < 4.78 is 0. The second-order valence-electron chi connectivity index (χ2n) is 6.73. The minimum atomic E-state index is 0.120. The summed E-state index contributed by atoms with van der Waals surface area (Å²) in [5.41, 5.74) is 3.08. The predicted octanol–water partition coefficient (Wildman–Crippen LogP) is 3.72. The number of pyridine rings is 2. The number of hydrogen-bond acceptors (Lipinski definition) is 3. The summed E-state index contributed by atoms with van der Waals surface area (Å²) >= 11 is 0. The van der Waals surface area contributed by atoms with Crippen LogP contribution in [0, 0.1) is 5.92 Å². The van der Waals surface area contributed by atoms with Crippen LogP contribution >= 0.6 is 0 Å². The third kappa shape index (κ3) is 3.53. The monoisotopic (exact) mass is 331 g/mol. The van der Waals surface area contributed by atoms with E-state index in [4.69, 9.17) is 0 Å². The molecule has 1 atom stereocenters. The average Bonchev–Trinajstić information content (AvgIpc) is 2.68. The van der Waals surface area contributed by atoms with Gasteiger partial charge in [-0.2, -0.15) is 0 Å². The van der Waals surface area contributed by atoms with Crippen molar-refractivity contribution in [2.24, 2.45) is 5.92 Å². The third-order valence-electron chi connectivity index (χ3n) is 4.93. The number of benzene rings is 1. The van der Waals surface area contributed by atoms with E-state index in [0.717, 1.165) is 37.0 Å². The van der Waals surface area contributed by atoms with Crippen molar-refractivity contribution in [3.05, 3.63) is 72.2 Å². The van der Waals surface area contributed by atoms with E-state index in [1.54, 1.807) is 24.5 Å². The van der Waals surface area contributed by atoms with Crippen LogP contribution in [0.15, 0.2) is 61.1 Å². The highest BCUT2D eigenvalue weighted by atomic mass is 16.2. The summed E-state index contributed by atoms with van der Waals surface area (Å²) in [7, 11) is 0. The number of aromatic nitrogens is 2. The highest BCUT2D eigenvalue weighted by molar-refractivity contribution is 5.94. The van der Waals surface area contributed by atoms with E-state index in [-0.39, 0.29) is 5.91 Å². The zero-order chi connectivity index (χ0) is 17.1. The molecule has 0 saturated carbocycles. The molecule has 3 aromatic rings. The molecular formula is C21H21N3O. The van der Waals surface area contributed by atoms with Crippen molar-refractivity contribution < 1.29 is 4.79 Å². The summed E-state index contributed by atoms with van der Waals surface area (Å²) in [6.45, 7) is 1.67. The summed E-state index contributed by atoms with van der Waals surface area (Å²) in [6, 6.07) is 14.1. The molecule has 4 nitrogen and oxygen atoms in total. The smallest absolute Gasteiger partial charge is 0.253 e. The van der Waals surface area contributed by atoms with Crippen molar-refractivity contribution in [2.45, 2.75) is 19.3 Å². The van der Waals surface area contributed by atoms with Crippen molar-refractivity contribution in [1.82, 2.24) is 14.9 Å². The number of piperidine rings is 1. The van der Waals surface area contributed by atoms with Crippen LogP contribution in [0.3, 0.4) is 0 Å². The lowest BCUT2D eigenvalue weighted by atomic mass is 9.90. The van der Waals surface area contributed by atoms with E-state index < -0.39 is 0 Å². The van der Waals surface area contributed by atoms with Gasteiger partial charge in [0.1, 0.15) is 0 Å². The van der Waals surface area contributed by atoms with Gasteiger partial charge in [-0.05, 0) is 61.1 Å². The maximum absolute atomic E-state index is 12.7. The van der Waals surface area contributed by atoms with Gasteiger partial charge in [0, 0.05) is 42.6 Å². The van der Waals surface area contributed by atoms with Crippen LogP contribution in [-0.4, -0.2) is 33.9 Å². The standard InChI is InChI=1S/C21H21N3O/c25-21(18-7-10-22-11-8-18)24-12-2-3-17(15-24)13-16-5-6-20-19(14-16)4-1-9-23-20/h1,4-11,14,17H,2-3,12-13,15H2/t17-/m1/s1. The molecule has 1 aliphatic rings. The van der Waals surface area contributed by atoms with Crippen molar-refractivity contribution in [1.29, 1.82) is 0 Å². The summed E-state index contributed by atoms with van der Waals surface area (Å²) in [6.07, 6.45) is 8.42. The van der Waals surface area contributed by atoms with Crippen LogP contribution in [0.25, 0.3) is 10.9 Å². The topological polar surface area (TPSA) is 46.1 Å². The molecule has 2 aromatic heterocycles. The summed E-state index contributed by atoms with van der Waals surface area (Å²) in [4.78, 5) is 23.0. The SMILES string of the molecule is O=C(c1ccncc1)N1CCC[C@H](Cc2ccc3ncccc3c2)C1. The first kappa shape index (κ1) is 15.8. The number of fused-ring (bicyclic) bond motifs is 1. The molecule has 25 heavy (non-hydrogen) atoms. The lowest BCUT2D eigenvalue weighted by Gasteiger charge is -2.33. The maximum atomic E-state index is 12.7. The van der Waals surface area contributed by atoms with Crippen molar-refractivity contribution in [2.75, 3.05) is 13.1 Å². The highest BCUT2D eigenvalue weighted by Gasteiger charge is 2.24. The molecular weight excluding hydrogens is 310 g/mol. The number of nitrogens with zero attached hydrogens (tertiary/aromatic N) is 3. The van der Waals surface area contributed by atoms with Gasteiger partial charge in [0.15, 0.2) is 0 Å². The van der Waals surface area contributed by atoms with Crippen LogP contribution in [-0.2, 0) is 6.42 Å². The van der Waals surface area contributed by atoms with Crippen molar-refractivity contribution >= 4 is 16.8 Å². The lowest BCUT2D eigenvalue weighted by Crippen LogP contribution is -2.40. The third-order valence-corrected chi connectivity index (χ3v) is 4.93. The van der Waals surface area contributed by atoms with Gasteiger partial charge >= 0.3 is 0 Å². The Bertz CT molecular complexity index is 878.